The quantitative estimate of drug-likeness (QED) is 0.700. The second-order valence-corrected chi connectivity index (χ2v) is 4.49. The minimum atomic E-state index is 0.808. The molecule has 1 aliphatic heterocycles. The van der Waals surface area contributed by atoms with Gasteiger partial charge in [0.05, 0.1) is 0 Å². The van der Waals surface area contributed by atoms with E-state index in [1.54, 1.807) is 0 Å². The van der Waals surface area contributed by atoms with Crippen LogP contribution in [0.5, 0.6) is 0 Å². The predicted molar refractivity (Wildman–Crippen MR) is 58.0 cm³/mol. The standard InChI is InChI=1S/C11H24N2/c1-4-12-8-11-6-5-7-13(11)9-10(2)3/h10-12H,4-9H2,1-3H3. The minimum absolute atomic E-state index is 0.808. The van der Waals surface area contributed by atoms with Crippen molar-refractivity contribution in [2.45, 2.75) is 39.7 Å². The maximum Gasteiger partial charge on any atom is 0.0221 e. The van der Waals surface area contributed by atoms with Gasteiger partial charge in [-0.2, -0.15) is 0 Å². The molecule has 0 radical (unpaired) electrons. The molecule has 0 aliphatic carbocycles. The summed E-state index contributed by atoms with van der Waals surface area (Å²) in [6.45, 7) is 11.7. The number of nitrogens with zero attached hydrogens (tertiary/aromatic N) is 1. The molecule has 1 fully saturated rings. The second kappa shape index (κ2) is 5.61. The Balaban J connectivity index is 2.26. The fourth-order valence-corrected chi connectivity index (χ4v) is 2.15. The molecule has 1 aliphatic rings. The van der Waals surface area contributed by atoms with Crippen molar-refractivity contribution >= 4 is 0 Å². The smallest absolute Gasteiger partial charge is 0.0221 e. The third-order valence-corrected chi connectivity index (χ3v) is 2.73. The van der Waals surface area contributed by atoms with E-state index in [0.29, 0.717) is 0 Å². The first-order chi connectivity index (χ1) is 6.24. The predicted octanol–water partition coefficient (Wildman–Crippen LogP) is 1.72. The highest BCUT2D eigenvalue weighted by atomic mass is 15.2. The minimum Gasteiger partial charge on any atom is -0.315 e. The van der Waals surface area contributed by atoms with E-state index in [9.17, 15) is 0 Å². The molecule has 2 nitrogen and oxygen atoms in total. The van der Waals surface area contributed by atoms with Gasteiger partial charge in [-0.3, -0.25) is 4.90 Å². The average molecular weight is 184 g/mol. The second-order valence-electron chi connectivity index (χ2n) is 4.49. The van der Waals surface area contributed by atoms with Gasteiger partial charge in [-0.15, -0.1) is 0 Å². The van der Waals surface area contributed by atoms with E-state index in [2.05, 4.69) is 31.0 Å². The van der Waals surface area contributed by atoms with E-state index in [0.717, 1.165) is 18.5 Å². The molecule has 78 valence electrons. The van der Waals surface area contributed by atoms with Crippen molar-refractivity contribution in [3.05, 3.63) is 0 Å². The molecular formula is C11H24N2. The third-order valence-electron chi connectivity index (χ3n) is 2.73. The third kappa shape index (κ3) is 3.65. The lowest BCUT2D eigenvalue weighted by Crippen LogP contribution is -2.39. The Hall–Kier alpha value is -0.0800. The summed E-state index contributed by atoms with van der Waals surface area (Å²) in [7, 11) is 0. The number of likely N-dealkylation sites (tertiary alicyclic amines) is 1. The molecular weight excluding hydrogens is 160 g/mol. The molecule has 0 spiro atoms. The van der Waals surface area contributed by atoms with E-state index < -0.39 is 0 Å². The largest absolute Gasteiger partial charge is 0.315 e. The van der Waals surface area contributed by atoms with Crippen LogP contribution >= 0.6 is 0 Å². The normalized spacial score (nSPS) is 24.5. The number of rotatable bonds is 5. The fraction of sp³-hybridized carbons (Fsp3) is 1.00. The Bertz CT molecular complexity index is 134. The van der Waals surface area contributed by atoms with Gasteiger partial charge in [0.2, 0.25) is 0 Å². The van der Waals surface area contributed by atoms with Crippen LogP contribution in [0.15, 0.2) is 0 Å². The molecule has 2 heteroatoms. The van der Waals surface area contributed by atoms with Gasteiger partial charge >= 0.3 is 0 Å². The van der Waals surface area contributed by atoms with Crippen molar-refractivity contribution in [3.63, 3.8) is 0 Å². The lowest BCUT2D eigenvalue weighted by molar-refractivity contribution is 0.222. The molecule has 0 aromatic heterocycles. The summed E-state index contributed by atoms with van der Waals surface area (Å²) in [6, 6.07) is 0.808. The van der Waals surface area contributed by atoms with Crippen LogP contribution in [0.4, 0.5) is 0 Å². The summed E-state index contributed by atoms with van der Waals surface area (Å²) in [5.74, 6) is 0.808. The molecule has 1 heterocycles. The number of hydrogen-bond acceptors (Lipinski definition) is 2. The Morgan fingerprint density at radius 1 is 1.46 bits per heavy atom. The Morgan fingerprint density at radius 3 is 2.85 bits per heavy atom. The zero-order chi connectivity index (χ0) is 9.68. The summed E-state index contributed by atoms with van der Waals surface area (Å²) >= 11 is 0. The Morgan fingerprint density at radius 2 is 2.23 bits per heavy atom. The molecule has 1 N–H and O–H groups in total. The summed E-state index contributed by atoms with van der Waals surface area (Å²) < 4.78 is 0. The Kier molecular flexibility index (Phi) is 4.74. The van der Waals surface area contributed by atoms with E-state index in [1.807, 2.05) is 0 Å². The first-order valence-corrected chi connectivity index (χ1v) is 5.68. The van der Waals surface area contributed by atoms with Gasteiger partial charge in [-0.05, 0) is 31.8 Å². The van der Waals surface area contributed by atoms with Crippen molar-refractivity contribution in [3.8, 4) is 0 Å². The van der Waals surface area contributed by atoms with E-state index in [1.165, 1.54) is 32.5 Å². The first-order valence-electron chi connectivity index (χ1n) is 5.68. The van der Waals surface area contributed by atoms with Crippen molar-refractivity contribution in [1.82, 2.24) is 10.2 Å². The number of nitrogens with one attached hydrogen (secondary N) is 1. The maximum absolute atomic E-state index is 3.45. The zero-order valence-corrected chi connectivity index (χ0v) is 9.34. The van der Waals surface area contributed by atoms with Crippen molar-refractivity contribution in [2.75, 3.05) is 26.2 Å². The van der Waals surface area contributed by atoms with Crippen LogP contribution in [0.25, 0.3) is 0 Å². The van der Waals surface area contributed by atoms with Gasteiger partial charge < -0.3 is 5.32 Å². The van der Waals surface area contributed by atoms with Crippen LogP contribution in [-0.2, 0) is 0 Å². The van der Waals surface area contributed by atoms with Crippen LogP contribution in [0, 0.1) is 5.92 Å². The molecule has 1 unspecified atom stereocenters. The molecule has 0 aromatic rings. The topological polar surface area (TPSA) is 15.3 Å². The van der Waals surface area contributed by atoms with Crippen LogP contribution < -0.4 is 5.32 Å². The number of hydrogen-bond donors (Lipinski definition) is 1. The van der Waals surface area contributed by atoms with Crippen LogP contribution in [0.1, 0.15) is 33.6 Å². The first kappa shape index (κ1) is 11.0. The molecule has 0 bridgehead atoms. The molecule has 0 saturated carbocycles. The highest BCUT2D eigenvalue weighted by Crippen LogP contribution is 2.17. The van der Waals surface area contributed by atoms with Crippen molar-refractivity contribution in [2.24, 2.45) is 5.92 Å². The van der Waals surface area contributed by atoms with Gasteiger partial charge in [0.1, 0.15) is 0 Å². The van der Waals surface area contributed by atoms with Gasteiger partial charge in [-0.1, -0.05) is 20.8 Å². The van der Waals surface area contributed by atoms with Gasteiger partial charge in [0.25, 0.3) is 0 Å². The molecule has 1 rings (SSSR count). The summed E-state index contributed by atoms with van der Waals surface area (Å²) in [5.41, 5.74) is 0. The van der Waals surface area contributed by atoms with Crippen molar-refractivity contribution < 1.29 is 0 Å². The van der Waals surface area contributed by atoms with Gasteiger partial charge in [0.15, 0.2) is 0 Å². The zero-order valence-electron chi connectivity index (χ0n) is 9.34. The van der Waals surface area contributed by atoms with E-state index in [4.69, 9.17) is 0 Å². The highest BCUT2D eigenvalue weighted by Gasteiger charge is 2.23. The molecule has 13 heavy (non-hydrogen) atoms. The fourth-order valence-electron chi connectivity index (χ4n) is 2.15. The molecule has 0 aromatic carbocycles. The van der Waals surface area contributed by atoms with Crippen molar-refractivity contribution in [1.29, 1.82) is 0 Å². The summed E-state index contributed by atoms with van der Waals surface area (Å²) in [5, 5.41) is 3.45. The average Bonchev–Trinajstić information content (AvgIpc) is 2.48. The Labute approximate surface area is 82.7 Å². The van der Waals surface area contributed by atoms with Gasteiger partial charge in [0, 0.05) is 19.1 Å². The van der Waals surface area contributed by atoms with Crippen LogP contribution in [0.2, 0.25) is 0 Å². The molecule has 0 amide bonds. The highest BCUT2D eigenvalue weighted by molar-refractivity contribution is 4.81. The maximum atomic E-state index is 3.45. The molecule has 1 saturated heterocycles. The monoisotopic (exact) mass is 184 g/mol. The SMILES string of the molecule is CCNCC1CCCN1CC(C)C. The van der Waals surface area contributed by atoms with Crippen LogP contribution in [0.3, 0.4) is 0 Å². The van der Waals surface area contributed by atoms with E-state index >= 15 is 0 Å². The number of likely N-dealkylation sites (N-methyl/N-ethyl adjacent to an activating group) is 1. The van der Waals surface area contributed by atoms with Crippen LogP contribution in [-0.4, -0.2) is 37.1 Å². The lowest BCUT2D eigenvalue weighted by atomic mass is 10.1. The summed E-state index contributed by atoms with van der Waals surface area (Å²) in [6.07, 6.45) is 2.78. The van der Waals surface area contributed by atoms with E-state index in [-0.39, 0.29) is 0 Å². The lowest BCUT2D eigenvalue weighted by Gasteiger charge is -2.26. The summed E-state index contributed by atoms with van der Waals surface area (Å²) in [4.78, 5) is 2.65. The molecule has 1 atom stereocenters. The van der Waals surface area contributed by atoms with Gasteiger partial charge in [-0.25, -0.2) is 0 Å².